The number of nitrogens with zero attached hydrogens (tertiary/aromatic N) is 4. The Morgan fingerprint density at radius 2 is 2.21 bits per heavy atom. The first kappa shape index (κ1) is 9.01. The number of aromatic amines is 1. The Kier molecular flexibility index (Phi) is 2.12. The lowest BCUT2D eigenvalue weighted by molar-refractivity contribution is 0.602. The van der Waals surface area contributed by atoms with Gasteiger partial charge in [0.2, 0.25) is 0 Å². The number of H-pyrrole nitrogens is 1. The molecule has 2 aromatic heterocycles. The maximum absolute atomic E-state index is 13.0. The first-order valence-electron chi connectivity index (χ1n) is 3.74. The van der Waals surface area contributed by atoms with E-state index in [1.54, 1.807) is 0 Å². The second kappa shape index (κ2) is 3.30. The molecule has 0 fully saturated rings. The molecule has 0 unspecified atom stereocenters. The second-order valence-corrected chi connectivity index (χ2v) is 2.93. The topological polar surface area (TPSA) is 67.3 Å². The molecule has 72 valence electrons. The Morgan fingerprint density at radius 3 is 2.79 bits per heavy atom. The van der Waals surface area contributed by atoms with Gasteiger partial charge in [-0.25, -0.2) is 19.3 Å². The van der Waals surface area contributed by atoms with Gasteiger partial charge in [0.05, 0.1) is 5.69 Å². The molecule has 0 atom stereocenters. The van der Waals surface area contributed by atoms with E-state index in [1.807, 2.05) is 0 Å². The van der Waals surface area contributed by atoms with Crippen LogP contribution in [-0.2, 0) is 0 Å². The fourth-order valence-corrected chi connectivity index (χ4v) is 1.16. The maximum Gasteiger partial charge on any atom is 0.199 e. The Morgan fingerprint density at radius 1 is 1.43 bits per heavy atom. The molecular weight excluding hydrogens is 209 g/mol. The van der Waals surface area contributed by atoms with Gasteiger partial charge in [-0.3, -0.25) is 5.10 Å². The largest absolute Gasteiger partial charge is 0.257 e. The van der Waals surface area contributed by atoms with Crippen molar-refractivity contribution in [3.63, 3.8) is 0 Å². The number of halogens is 2. The van der Waals surface area contributed by atoms with E-state index in [2.05, 4.69) is 25.1 Å². The van der Waals surface area contributed by atoms with Gasteiger partial charge in [-0.15, -0.1) is 0 Å². The van der Waals surface area contributed by atoms with E-state index in [0.717, 1.165) is 0 Å². The monoisotopic (exact) mass is 213 g/mol. The smallest absolute Gasteiger partial charge is 0.199 e. The number of aryl methyl sites for hydroxylation is 1. The molecule has 0 radical (unpaired) electrons. The van der Waals surface area contributed by atoms with Crippen LogP contribution in [0.3, 0.4) is 0 Å². The normalized spacial score (nSPS) is 10.5. The van der Waals surface area contributed by atoms with Gasteiger partial charge in [0.15, 0.2) is 22.6 Å². The molecule has 0 saturated heterocycles. The molecule has 0 bridgehead atoms. The van der Waals surface area contributed by atoms with E-state index in [1.165, 1.54) is 13.3 Å². The van der Waals surface area contributed by atoms with Gasteiger partial charge >= 0.3 is 0 Å². The van der Waals surface area contributed by atoms with Crippen LogP contribution < -0.4 is 0 Å². The summed E-state index contributed by atoms with van der Waals surface area (Å²) in [6.07, 6.45) is 1.31. The Balaban J connectivity index is 2.57. The second-order valence-electron chi connectivity index (χ2n) is 2.57. The highest BCUT2D eigenvalue weighted by Gasteiger charge is 2.12. The third-order valence-corrected chi connectivity index (χ3v) is 1.85. The lowest BCUT2D eigenvalue weighted by Gasteiger charge is -2.00. The van der Waals surface area contributed by atoms with Crippen LogP contribution in [0, 0.1) is 12.7 Å². The quantitative estimate of drug-likeness (QED) is 0.727. The molecular formula is C7H5ClFN5. The van der Waals surface area contributed by atoms with Crippen molar-refractivity contribution in [1.82, 2.24) is 25.1 Å². The zero-order chi connectivity index (χ0) is 10.1. The summed E-state index contributed by atoms with van der Waals surface area (Å²) in [5.74, 6) is -0.0312. The number of rotatable bonds is 1. The molecule has 7 heteroatoms. The summed E-state index contributed by atoms with van der Waals surface area (Å²) >= 11 is 5.55. The molecule has 1 N–H and O–H groups in total. The van der Waals surface area contributed by atoms with Crippen LogP contribution >= 0.6 is 11.6 Å². The first-order chi connectivity index (χ1) is 6.68. The van der Waals surface area contributed by atoms with Crippen LogP contribution in [0.15, 0.2) is 6.33 Å². The van der Waals surface area contributed by atoms with Crippen LogP contribution in [0.25, 0.3) is 11.6 Å². The Labute approximate surface area is 83.4 Å². The van der Waals surface area contributed by atoms with E-state index >= 15 is 0 Å². The zero-order valence-corrected chi connectivity index (χ0v) is 7.88. The molecule has 0 saturated carbocycles. The highest BCUT2D eigenvalue weighted by Crippen LogP contribution is 2.17. The van der Waals surface area contributed by atoms with Gasteiger partial charge in [0.1, 0.15) is 6.33 Å². The number of aromatic nitrogens is 5. The molecule has 0 aliphatic rings. The minimum atomic E-state index is -0.616. The van der Waals surface area contributed by atoms with Crippen molar-refractivity contribution in [2.24, 2.45) is 0 Å². The van der Waals surface area contributed by atoms with Crippen LogP contribution in [0.5, 0.6) is 0 Å². The fourth-order valence-electron chi connectivity index (χ4n) is 0.943. The average molecular weight is 214 g/mol. The Hall–Kier alpha value is -1.56. The van der Waals surface area contributed by atoms with Crippen molar-refractivity contribution in [3.8, 4) is 11.6 Å². The zero-order valence-electron chi connectivity index (χ0n) is 7.12. The third-order valence-electron chi connectivity index (χ3n) is 1.60. The number of hydrogen-bond donors (Lipinski definition) is 1. The summed E-state index contributed by atoms with van der Waals surface area (Å²) < 4.78 is 13.0. The van der Waals surface area contributed by atoms with E-state index in [-0.39, 0.29) is 16.7 Å². The highest BCUT2D eigenvalue weighted by atomic mass is 35.5. The summed E-state index contributed by atoms with van der Waals surface area (Å²) in [5, 5.41) is 5.97. The van der Waals surface area contributed by atoms with Crippen LogP contribution in [0.2, 0.25) is 5.15 Å². The highest BCUT2D eigenvalue weighted by molar-refractivity contribution is 6.29. The molecule has 0 aromatic carbocycles. The van der Waals surface area contributed by atoms with E-state index in [9.17, 15) is 4.39 Å². The summed E-state index contributed by atoms with van der Waals surface area (Å²) in [7, 11) is 0. The van der Waals surface area contributed by atoms with E-state index in [0.29, 0.717) is 5.82 Å². The molecule has 0 aliphatic heterocycles. The van der Waals surface area contributed by atoms with Crippen molar-refractivity contribution in [2.75, 3.05) is 0 Å². The standard InChI is InChI=1S/C7H5ClFN5/c1-3-4(9)5(8)13-7(12-3)6-10-2-11-14-6/h2H,1H3,(H,10,11,14). The van der Waals surface area contributed by atoms with Crippen molar-refractivity contribution >= 4 is 11.6 Å². The van der Waals surface area contributed by atoms with Gasteiger partial charge in [0, 0.05) is 0 Å². The Bertz CT molecular complexity index is 432. The maximum atomic E-state index is 13.0. The third kappa shape index (κ3) is 1.44. The van der Waals surface area contributed by atoms with Crippen molar-refractivity contribution in [1.29, 1.82) is 0 Å². The molecule has 5 nitrogen and oxygen atoms in total. The van der Waals surface area contributed by atoms with Crippen LogP contribution in [0.1, 0.15) is 5.69 Å². The molecule has 2 rings (SSSR count). The summed E-state index contributed by atoms with van der Waals surface area (Å²) in [6.45, 7) is 1.50. The minimum Gasteiger partial charge on any atom is -0.257 e. The SMILES string of the molecule is Cc1nc(-c2ncn[nH]2)nc(Cl)c1F. The predicted octanol–water partition coefficient (Wildman–Crippen LogP) is 1.36. The van der Waals surface area contributed by atoms with E-state index < -0.39 is 5.82 Å². The summed E-state index contributed by atoms with van der Waals surface area (Å²) in [4.78, 5) is 11.4. The van der Waals surface area contributed by atoms with Crippen molar-refractivity contribution in [2.45, 2.75) is 6.92 Å². The molecule has 0 aliphatic carbocycles. The van der Waals surface area contributed by atoms with Gasteiger partial charge in [0.25, 0.3) is 0 Å². The molecule has 2 aromatic rings. The lowest BCUT2D eigenvalue weighted by atomic mass is 10.4. The number of nitrogens with one attached hydrogen (secondary N) is 1. The first-order valence-corrected chi connectivity index (χ1v) is 4.11. The molecule has 0 amide bonds. The van der Waals surface area contributed by atoms with Gasteiger partial charge in [-0.2, -0.15) is 5.10 Å². The van der Waals surface area contributed by atoms with Crippen LogP contribution in [0.4, 0.5) is 4.39 Å². The predicted molar refractivity (Wildman–Crippen MR) is 47.1 cm³/mol. The van der Waals surface area contributed by atoms with Gasteiger partial charge in [-0.05, 0) is 6.92 Å². The molecule has 2 heterocycles. The van der Waals surface area contributed by atoms with Gasteiger partial charge in [-0.1, -0.05) is 11.6 Å². The lowest BCUT2D eigenvalue weighted by Crippen LogP contribution is -1.98. The average Bonchev–Trinajstić information content (AvgIpc) is 2.66. The van der Waals surface area contributed by atoms with Crippen molar-refractivity contribution in [3.05, 3.63) is 23.0 Å². The number of hydrogen-bond acceptors (Lipinski definition) is 4. The molecule has 0 spiro atoms. The van der Waals surface area contributed by atoms with E-state index in [4.69, 9.17) is 11.6 Å². The summed E-state index contributed by atoms with van der Waals surface area (Å²) in [5.41, 5.74) is 0.177. The summed E-state index contributed by atoms with van der Waals surface area (Å²) in [6, 6.07) is 0. The van der Waals surface area contributed by atoms with Gasteiger partial charge < -0.3 is 0 Å². The molecule has 14 heavy (non-hydrogen) atoms. The van der Waals surface area contributed by atoms with Crippen molar-refractivity contribution < 1.29 is 4.39 Å². The minimum absolute atomic E-state index is 0.177. The fraction of sp³-hybridized carbons (Fsp3) is 0.143. The van der Waals surface area contributed by atoms with Crippen LogP contribution in [-0.4, -0.2) is 25.1 Å².